The van der Waals surface area contributed by atoms with Crippen molar-refractivity contribution in [3.63, 3.8) is 0 Å². The molecule has 1 heterocycles. The summed E-state index contributed by atoms with van der Waals surface area (Å²) in [7, 11) is 2.97. The Morgan fingerprint density at radius 1 is 1.21 bits per heavy atom. The second-order valence-corrected chi connectivity index (χ2v) is 4.08. The highest BCUT2D eigenvalue weighted by Crippen LogP contribution is 2.29. The molecular formula is C15H15NO3. The lowest BCUT2D eigenvalue weighted by Crippen LogP contribution is -2.06. The molecule has 1 aromatic carbocycles. The number of carbonyl (C=O) groups is 1. The second-order valence-electron chi connectivity index (χ2n) is 4.08. The molecule has 98 valence electrons. The van der Waals surface area contributed by atoms with E-state index < -0.39 is 5.97 Å². The van der Waals surface area contributed by atoms with Gasteiger partial charge in [0.1, 0.15) is 5.75 Å². The van der Waals surface area contributed by atoms with Crippen molar-refractivity contribution in [1.82, 2.24) is 4.98 Å². The highest BCUT2D eigenvalue weighted by molar-refractivity contribution is 5.89. The molecule has 0 saturated carbocycles. The van der Waals surface area contributed by atoms with Crippen LogP contribution in [0.15, 0.2) is 36.5 Å². The fraction of sp³-hybridized carbons (Fsp3) is 0.200. The molecule has 0 spiro atoms. The Labute approximate surface area is 112 Å². The fourth-order valence-corrected chi connectivity index (χ4v) is 1.92. The maximum absolute atomic E-state index is 11.5. The van der Waals surface area contributed by atoms with Crippen LogP contribution in [0.2, 0.25) is 0 Å². The van der Waals surface area contributed by atoms with Gasteiger partial charge in [0.05, 0.1) is 14.2 Å². The van der Waals surface area contributed by atoms with Gasteiger partial charge in [-0.25, -0.2) is 9.78 Å². The molecule has 0 bridgehead atoms. The molecule has 0 aliphatic carbocycles. The minimum Gasteiger partial charge on any atom is -0.496 e. The van der Waals surface area contributed by atoms with Crippen LogP contribution in [0.25, 0.3) is 11.1 Å². The summed E-state index contributed by atoms with van der Waals surface area (Å²) in [6, 6.07) is 9.58. The van der Waals surface area contributed by atoms with Gasteiger partial charge in [-0.1, -0.05) is 18.2 Å². The van der Waals surface area contributed by atoms with Gasteiger partial charge in [0.15, 0.2) is 5.69 Å². The average molecular weight is 257 g/mol. The molecule has 4 heteroatoms. The lowest BCUT2D eigenvalue weighted by Gasteiger charge is -2.10. The quantitative estimate of drug-likeness (QED) is 0.793. The van der Waals surface area contributed by atoms with Crippen molar-refractivity contribution in [2.75, 3.05) is 14.2 Å². The van der Waals surface area contributed by atoms with Crippen LogP contribution in [0, 0.1) is 6.92 Å². The fourth-order valence-electron chi connectivity index (χ4n) is 1.92. The SMILES string of the molecule is COC(=O)c1ncc(-c2ccccc2OC)cc1C. The standard InChI is InChI=1S/C15H15NO3/c1-10-8-11(9-16-14(10)15(17)19-3)12-6-4-5-7-13(12)18-2/h4-9H,1-3H3. The van der Waals surface area contributed by atoms with Gasteiger partial charge in [-0.15, -0.1) is 0 Å². The van der Waals surface area contributed by atoms with Crippen LogP contribution in [-0.2, 0) is 4.74 Å². The largest absolute Gasteiger partial charge is 0.496 e. The highest BCUT2D eigenvalue weighted by atomic mass is 16.5. The van der Waals surface area contributed by atoms with E-state index in [1.54, 1.807) is 13.3 Å². The molecule has 0 fully saturated rings. The molecule has 0 saturated heterocycles. The number of pyridine rings is 1. The Kier molecular flexibility index (Phi) is 3.80. The monoisotopic (exact) mass is 257 g/mol. The summed E-state index contributed by atoms with van der Waals surface area (Å²) in [5, 5.41) is 0. The number of ether oxygens (including phenoxy) is 2. The molecule has 19 heavy (non-hydrogen) atoms. The zero-order chi connectivity index (χ0) is 13.8. The van der Waals surface area contributed by atoms with Crippen molar-refractivity contribution >= 4 is 5.97 Å². The minimum absolute atomic E-state index is 0.334. The number of aryl methyl sites for hydroxylation is 1. The smallest absolute Gasteiger partial charge is 0.356 e. The van der Waals surface area contributed by atoms with E-state index in [0.29, 0.717) is 5.69 Å². The maximum Gasteiger partial charge on any atom is 0.356 e. The Morgan fingerprint density at radius 3 is 2.58 bits per heavy atom. The first-order valence-corrected chi connectivity index (χ1v) is 5.85. The van der Waals surface area contributed by atoms with Gasteiger partial charge in [0.2, 0.25) is 0 Å². The zero-order valence-electron chi connectivity index (χ0n) is 11.1. The average Bonchev–Trinajstić information content (AvgIpc) is 2.46. The van der Waals surface area contributed by atoms with Crippen molar-refractivity contribution in [3.05, 3.63) is 47.8 Å². The molecule has 0 amide bonds. The molecule has 0 atom stereocenters. The molecular weight excluding hydrogens is 242 g/mol. The lowest BCUT2D eigenvalue weighted by atomic mass is 10.0. The number of para-hydroxylation sites is 1. The maximum atomic E-state index is 11.5. The van der Waals surface area contributed by atoms with E-state index in [9.17, 15) is 4.79 Å². The molecule has 2 rings (SSSR count). The van der Waals surface area contributed by atoms with Gasteiger partial charge in [0.25, 0.3) is 0 Å². The summed E-state index contributed by atoms with van der Waals surface area (Å²) in [6.07, 6.45) is 1.65. The van der Waals surface area contributed by atoms with Gasteiger partial charge in [-0.3, -0.25) is 0 Å². The molecule has 0 aliphatic heterocycles. The topological polar surface area (TPSA) is 48.4 Å². The first-order chi connectivity index (χ1) is 9.17. The van der Waals surface area contributed by atoms with Crippen LogP contribution in [0.3, 0.4) is 0 Å². The minimum atomic E-state index is -0.427. The molecule has 0 aliphatic rings. The summed E-state index contributed by atoms with van der Waals surface area (Å²) in [5.74, 6) is 0.346. The first-order valence-electron chi connectivity index (χ1n) is 5.85. The number of methoxy groups -OCH3 is 2. The third kappa shape index (κ3) is 2.57. The third-order valence-electron chi connectivity index (χ3n) is 2.87. The van der Waals surface area contributed by atoms with Crippen molar-refractivity contribution in [2.24, 2.45) is 0 Å². The molecule has 4 nitrogen and oxygen atoms in total. The van der Waals surface area contributed by atoms with Crippen LogP contribution < -0.4 is 4.74 Å². The van der Waals surface area contributed by atoms with Crippen LogP contribution in [0.5, 0.6) is 5.75 Å². The van der Waals surface area contributed by atoms with E-state index in [1.807, 2.05) is 37.3 Å². The summed E-state index contributed by atoms with van der Waals surface area (Å²) >= 11 is 0. The summed E-state index contributed by atoms with van der Waals surface area (Å²) in [6.45, 7) is 1.83. The number of nitrogens with zero attached hydrogens (tertiary/aromatic N) is 1. The van der Waals surface area contributed by atoms with Gasteiger partial charge < -0.3 is 9.47 Å². The van der Waals surface area contributed by atoms with Crippen LogP contribution in [0.1, 0.15) is 16.1 Å². The number of carbonyl (C=O) groups excluding carboxylic acids is 1. The van der Waals surface area contributed by atoms with E-state index in [0.717, 1.165) is 22.4 Å². The van der Waals surface area contributed by atoms with Crippen LogP contribution in [0.4, 0.5) is 0 Å². The van der Waals surface area contributed by atoms with Gasteiger partial charge in [0, 0.05) is 17.3 Å². The predicted molar refractivity (Wildman–Crippen MR) is 72.3 cm³/mol. The second kappa shape index (κ2) is 5.52. The van der Waals surface area contributed by atoms with Crippen LogP contribution >= 0.6 is 0 Å². The molecule has 0 unspecified atom stereocenters. The Balaban J connectivity index is 2.47. The molecule has 1 aromatic heterocycles. The van der Waals surface area contributed by atoms with E-state index in [4.69, 9.17) is 4.74 Å². The Bertz CT molecular complexity index is 608. The van der Waals surface area contributed by atoms with Gasteiger partial charge in [-0.05, 0) is 24.6 Å². The summed E-state index contributed by atoms with van der Waals surface area (Å²) in [5.41, 5.74) is 2.95. The third-order valence-corrected chi connectivity index (χ3v) is 2.87. The number of aromatic nitrogens is 1. The first kappa shape index (κ1) is 13.1. The number of hydrogen-bond donors (Lipinski definition) is 0. The van der Waals surface area contributed by atoms with Crippen molar-refractivity contribution < 1.29 is 14.3 Å². The van der Waals surface area contributed by atoms with E-state index in [1.165, 1.54) is 7.11 Å². The zero-order valence-corrected chi connectivity index (χ0v) is 11.1. The van der Waals surface area contributed by atoms with E-state index >= 15 is 0 Å². The summed E-state index contributed by atoms with van der Waals surface area (Å²) < 4.78 is 10.0. The van der Waals surface area contributed by atoms with Crippen molar-refractivity contribution in [1.29, 1.82) is 0 Å². The number of esters is 1. The highest BCUT2D eigenvalue weighted by Gasteiger charge is 2.13. The number of rotatable bonds is 3. The Morgan fingerprint density at radius 2 is 1.95 bits per heavy atom. The van der Waals surface area contributed by atoms with Crippen molar-refractivity contribution in [3.8, 4) is 16.9 Å². The normalized spacial score (nSPS) is 10.1. The number of hydrogen-bond acceptors (Lipinski definition) is 4. The van der Waals surface area contributed by atoms with Gasteiger partial charge >= 0.3 is 5.97 Å². The molecule has 2 aromatic rings. The predicted octanol–water partition coefficient (Wildman–Crippen LogP) is 2.85. The number of benzene rings is 1. The summed E-state index contributed by atoms with van der Waals surface area (Å²) in [4.78, 5) is 15.7. The van der Waals surface area contributed by atoms with Crippen molar-refractivity contribution in [2.45, 2.75) is 6.92 Å². The molecule has 0 N–H and O–H groups in total. The van der Waals surface area contributed by atoms with E-state index in [-0.39, 0.29) is 0 Å². The van der Waals surface area contributed by atoms with E-state index in [2.05, 4.69) is 9.72 Å². The van der Waals surface area contributed by atoms with Gasteiger partial charge in [-0.2, -0.15) is 0 Å². The molecule has 0 radical (unpaired) electrons. The lowest BCUT2D eigenvalue weighted by molar-refractivity contribution is 0.0593. The Hall–Kier alpha value is -2.36. The van der Waals surface area contributed by atoms with Crippen LogP contribution in [-0.4, -0.2) is 25.2 Å².